The van der Waals surface area contributed by atoms with Crippen LogP contribution in [0.15, 0.2) is 12.3 Å². The van der Waals surface area contributed by atoms with Gasteiger partial charge in [0, 0.05) is 19.6 Å². The summed E-state index contributed by atoms with van der Waals surface area (Å²) in [5, 5.41) is 11.1. The molecule has 1 aliphatic rings. The molecule has 1 aliphatic heterocycles. The van der Waals surface area contributed by atoms with Crippen molar-refractivity contribution < 1.29 is 9.48 Å². The Morgan fingerprint density at radius 1 is 1.67 bits per heavy atom. The zero-order chi connectivity index (χ0) is 9.14. The van der Waals surface area contributed by atoms with Crippen LogP contribution in [0.2, 0.25) is 0 Å². The monoisotopic (exact) mass is 169 g/mol. The molecule has 0 amide bonds. The minimum absolute atomic E-state index is 0.0696. The predicted molar refractivity (Wildman–Crippen MR) is 48.0 cm³/mol. The lowest BCUT2D eigenvalue weighted by Gasteiger charge is -2.22. The highest BCUT2D eigenvalue weighted by atomic mass is 16.5. The maximum Gasteiger partial charge on any atom is 0.178 e. The van der Waals surface area contributed by atoms with Gasteiger partial charge in [-0.15, -0.1) is 0 Å². The summed E-state index contributed by atoms with van der Waals surface area (Å²) in [6.45, 7) is 6.49. The van der Waals surface area contributed by atoms with Gasteiger partial charge in [0.05, 0.1) is 12.0 Å². The first-order chi connectivity index (χ1) is 5.66. The van der Waals surface area contributed by atoms with E-state index in [4.69, 9.17) is 4.74 Å². The molecule has 0 aromatic heterocycles. The van der Waals surface area contributed by atoms with E-state index in [2.05, 4.69) is 0 Å². The summed E-state index contributed by atoms with van der Waals surface area (Å²) in [4.78, 5) is 0. The topological polar surface area (TPSA) is 35.3 Å². The van der Waals surface area contributed by atoms with Crippen molar-refractivity contribution in [1.82, 2.24) is 0 Å². The van der Waals surface area contributed by atoms with Crippen molar-refractivity contribution in [3.05, 3.63) is 17.5 Å². The molecule has 1 heterocycles. The minimum Gasteiger partial charge on any atom is -0.619 e. The SMILES string of the molecule is CCOC1C=C[N+]([O-])=C(C)C1C. The van der Waals surface area contributed by atoms with Gasteiger partial charge in [0.2, 0.25) is 0 Å². The summed E-state index contributed by atoms with van der Waals surface area (Å²) >= 11 is 0. The molecule has 0 spiro atoms. The maximum atomic E-state index is 11.1. The standard InChI is InChI=1S/C9H15NO2/c1-4-12-9-5-6-10(11)8(3)7(9)2/h5-7,9H,4H2,1-3H3. The number of hydrogen-bond donors (Lipinski definition) is 0. The molecule has 0 aliphatic carbocycles. The van der Waals surface area contributed by atoms with E-state index in [1.165, 1.54) is 6.20 Å². The molecule has 12 heavy (non-hydrogen) atoms. The van der Waals surface area contributed by atoms with Crippen LogP contribution < -0.4 is 0 Å². The third kappa shape index (κ3) is 1.67. The van der Waals surface area contributed by atoms with Gasteiger partial charge in [-0.3, -0.25) is 0 Å². The molecule has 2 unspecified atom stereocenters. The number of ether oxygens (including phenoxy) is 1. The number of nitrogens with zero attached hydrogens (tertiary/aromatic N) is 1. The van der Waals surface area contributed by atoms with E-state index in [-0.39, 0.29) is 12.0 Å². The van der Waals surface area contributed by atoms with Crippen molar-refractivity contribution in [1.29, 1.82) is 0 Å². The zero-order valence-electron chi connectivity index (χ0n) is 7.78. The van der Waals surface area contributed by atoms with Gasteiger partial charge in [-0.05, 0) is 6.92 Å². The first-order valence-electron chi connectivity index (χ1n) is 4.26. The fourth-order valence-electron chi connectivity index (χ4n) is 1.28. The smallest absolute Gasteiger partial charge is 0.178 e. The second kappa shape index (κ2) is 3.72. The summed E-state index contributed by atoms with van der Waals surface area (Å²) < 4.78 is 6.34. The molecule has 0 saturated heterocycles. The van der Waals surface area contributed by atoms with E-state index in [1.54, 1.807) is 0 Å². The second-order valence-electron chi connectivity index (χ2n) is 3.02. The van der Waals surface area contributed by atoms with Crippen LogP contribution >= 0.6 is 0 Å². The molecule has 3 heteroatoms. The number of hydroxylamine groups is 1. The second-order valence-corrected chi connectivity index (χ2v) is 3.02. The molecule has 0 fully saturated rings. The first kappa shape index (κ1) is 9.26. The van der Waals surface area contributed by atoms with Crippen molar-refractivity contribution >= 4 is 5.71 Å². The Balaban J connectivity index is 2.71. The molecule has 0 aromatic carbocycles. The summed E-state index contributed by atoms with van der Waals surface area (Å²) in [7, 11) is 0. The molecular weight excluding hydrogens is 154 g/mol. The van der Waals surface area contributed by atoms with E-state index in [1.807, 2.05) is 26.8 Å². The van der Waals surface area contributed by atoms with Crippen molar-refractivity contribution in [2.24, 2.45) is 5.92 Å². The Bertz CT molecular complexity index is 221. The Morgan fingerprint density at radius 2 is 2.33 bits per heavy atom. The van der Waals surface area contributed by atoms with Gasteiger partial charge in [-0.1, -0.05) is 6.92 Å². The Labute approximate surface area is 72.9 Å². The minimum atomic E-state index is 0.0696. The van der Waals surface area contributed by atoms with Gasteiger partial charge < -0.3 is 9.94 Å². The van der Waals surface area contributed by atoms with Crippen LogP contribution in [0.3, 0.4) is 0 Å². The highest BCUT2D eigenvalue weighted by molar-refractivity contribution is 5.81. The van der Waals surface area contributed by atoms with Gasteiger partial charge in [0.1, 0.15) is 0 Å². The van der Waals surface area contributed by atoms with E-state index >= 15 is 0 Å². The predicted octanol–water partition coefficient (Wildman–Crippen LogP) is 1.53. The number of rotatable bonds is 2. The quantitative estimate of drug-likeness (QED) is 0.464. The molecule has 1 rings (SSSR count). The third-order valence-corrected chi connectivity index (χ3v) is 2.27. The van der Waals surface area contributed by atoms with Gasteiger partial charge >= 0.3 is 0 Å². The summed E-state index contributed by atoms with van der Waals surface area (Å²) in [6, 6.07) is 0. The normalized spacial score (nSPS) is 29.6. The zero-order valence-corrected chi connectivity index (χ0v) is 7.78. The molecule has 0 aromatic rings. The van der Waals surface area contributed by atoms with Crippen molar-refractivity contribution in [3.8, 4) is 0 Å². The first-order valence-corrected chi connectivity index (χ1v) is 4.26. The van der Waals surface area contributed by atoms with Crippen LogP contribution in [0.25, 0.3) is 0 Å². The van der Waals surface area contributed by atoms with E-state index in [0.717, 1.165) is 10.5 Å². The molecule has 0 saturated carbocycles. The average Bonchev–Trinajstić information content (AvgIpc) is 2.07. The maximum absolute atomic E-state index is 11.1. The number of hydrogen-bond acceptors (Lipinski definition) is 2. The van der Waals surface area contributed by atoms with Gasteiger partial charge in [0.15, 0.2) is 11.9 Å². The van der Waals surface area contributed by atoms with Crippen molar-refractivity contribution in [2.45, 2.75) is 26.9 Å². The van der Waals surface area contributed by atoms with Crippen LogP contribution in [0.4, 0.5) is 0 Å². The molecular formula is C9H15NO2. The average molecular weight is 169 g/mol. The fraction of sp³-hybridized carbons (Fsp3) is 0.667. The molecule has 0 radical (unpaired) electrons. The lowest BCUT2D eigenvalue weighted by atomic mass is 9.98. The molecule has 3 nitrogen and oxygen atoms in total. The van der Waals surface area contributed by atoms with Crippen molar-refractivity contribution in [3.63, 3.8) is 0 Å². The highest BCUT2D eigenvalue weighted by Crippen LogP contribution is 2.15. The third-order valence-electron chi connectivity index (χ3n) is 2.27. The van der Waals surface area contributed by atoms with Crippen LogP contribution in [-0.2, 0) is 4.74 Å². The lowest BCUT2D eigenvalue weighted by molar-refractivity contribution is -0.386. The Hall–Kier alpha value is -0.830. The Morgan fingerprint density at radius 3 is 2.92 bits per heavy atom. The summed E-state index contributed by atoms with van der Waals surface area (Å²) in [5.74, 6) is 0.187. The van der Waals surface area contributed by atoms with Crippen LogP contribution in [-0.4, -0.2) is 23.2 Å². The van der Waals surface area contributed by atoms with Crippen LogP contribution in [0.5, 0.6) is 0 Å². The lowest BCUT2D eigenvalue weighted by Crippen LogP contribution is -2.32. The fourth-order valence-corrected chi connectivity index (χ4v) is 1.28. The summed E-state index contributed by atoms with van der Waals surface area (Å²) in [6.07, 6.45) is 3.41. The van der Waals surface area contributed by atoms with E-state index in [0.29, 0.717) is 6.61 Å². The Kier molecular flexibility index (Phi) is 2.87. The van der Waals surface area contributed by atoms with Crippen LogP contribution in [0.1, 0.15) is 20.8 Å². The van der Waals surface area contributed by atoms with Crippen LogP contribution in [0, 0.1) is 11.1 Å². The molecule has 68 valence electrons. The molecule has 0 bridgehead atoms. The molecule has 2 atom stereocenters. The summed E-state index contributed by atoms with van der Waals surface area (Å²) in [5.41, 5.74) is 0.816. The van der Waals surface area contributed by atoms with Gasteiger partial charge in [-0.2, -0.15) is 4.74 Å². The highest BCUT2D eigenvalue weighted by Gasteiger charge is 2.26. The van der Waals surface area contributed by atoms with E-state index < -0.39 is 0 Å². The largest absolute Gasteiger partial charge is 0.619 e. The van der Waals surface area contributed by atoms with Gasteiger partial charge in [-0.25, -0.2) is 0 Å². The van der Waals surface area contributed by atoms with Crippen molar-refractivity contribution in [2.75, 3.05) is 6.61 Å². The van der Waals surface area contributed by atoms with Gasteiger partial charge in [0.25, 0.3) is 0 Å². The molecule has 0 N–H and O–H groups in total. The van der Waals surface area contributed by atoms with E-state index in [9.17, 15) is 5.21 Å².